The van der Waals surface area contributed by atoms with Gasteiger partial charge in [-0.15, -0.1) is 0 Å². The number of nitrogens with zero attached hydrogens (tertiary/aromatic N) is 3. The molecule has 2 aromatic rings. The predicted molar refractivity (Wildman–Crippen MR) is 96.0 cm³/mol. The molecule has 1 amide bonds. The first-order valence-electron chi connectivity index (χ1n) is 8.24. The number of carbonyl (C=O) groups excluding carboxylic acids is 1. The molecule has 0 saturated heterocycles. The van der Waals surface area contributed by atoms with Crippen LogP contribution in [0.15, 0.2) is 24.3 Å². The third kappa shape index (κ3) is 6.06. The SMILES string of the molecule is CCONC(=O)CCN(c1nc(Cc2ccc(F)cc2)ns1)C(C)C. The van der Waals surface area contributed by atoms with Crippen LogP contribution >= 0.6 is 11.5 Å². The fourth-order valence-corrected chi connectivity index (χ4v) is 3.06. The standard InChI is InChI=1S/C17H23FN4O2S/c1-4-24-20-16(23)9-10-22(12(2)3)17-19-15(21-25-17)11-13-5-7-14(18)8-6-13/h5-8,12H,4,9-11H2,1-3H3,(H,20,23). The van der Waals surface area contributed by atoms with Crippen molar-refractivity contribution in [3.8, 4) is 0 Å². The molecule has 2 rings (SSSR count). The van der Waals surface area contributed by atoms with E-state index in [9.17, 15) is 9.18 Å². The van der Waals surface area contributed by atoms with Crippen LogP contribution in [0.25, 0.3) is 0 Å². The third-order valence-corrected chi connectivity index (χ3v) is 4.30. The molecule has 0 aliphatic heterocycles. The molecule has 0 fully saturated rings. The van der Waals surface area contributed by atoms with E-state index in [2.05, 4.69) is 14.8 Å². The van der Waals surface area contributed by atoms with Gasteiger partial charge in [0.25, 0.3) is 0 Å². The van der Waals surface area contributed by atoms with Gasteiger partial charge in [-0.1, -0.05) is 12.1 Å². The van der Waals surface area contributed by atoms with E-state index >= 15 is 0 Å². The average molecular weight is 366 g/mol. The van der Waals surface area contributed by atoms with Crippen LogP contribution in [0.4, 0.5) is 9.52 Å². The molecule has 6 nitrogen and oxygen atoms in total. The zero-order chi connectivity index (χ0) is 18.2. The number of halogens is 1. The summed E-state index contributed by atoms with van der Waals surface area (Å²) in [5, 5.41) is 0.774. The molecule has 1 heterocycles. The summed E-state index contributed by atoms with van der Waals surface area (Å²) in [5.41, 5.74) is 3.35. The first kappa shape index (κ1) is 19.3. The molecule has 25 heavy (non-hydrogen) atoms. The Bertz CT molecular complexity index is 676. The van der Waals surface area contributed by atoms with Crippen LogP contribution < -0.4 is 10.4 Å². The Labute approximate surface area is 151 Å². The van der Waals surface area contributed by atoms with Crippen molar-refractivity contribution in [1.82, 2.24) is 14.8 Å². The quantitative estimate of drug-likeness (QED) is 0.691. The molecule has 1 aromatic carbocycles. The Morgan fingerprint density at radius 3 is 2.72 bits per heavy atom. The van der Waals surface area contributed by atoms with E-state index in [0.29, 0.717) is 31.8 Å². The van der Waals surface area contributed by atoms with Gasteiger partial charge in [0.1, 0.15) is 11.6 Å². The molecule has 0 atom stereocenters. The Morgan fingerprint density at radius 1 is 1.36 bits per heavy atom. The van der Waals surface area contributed by atoms with Gasteiger partial charge in [0.05, 0.1) is 6.61 Å². The Balaban J connectivity index is 1.98. The molecule has 1 N–H and O–H groups in total. The molecule has 136 valence electrons. The number of nitrogens with one attached hydrogen (secondary N) is 1. The molecule has 0 aliphatic rings. The maximum absolute atomic E-state index is 13.0. The Morgan fingerprint density at radius 2 is 2.08 bits per heavy atom. The second-order valence-corrected chi connectivity index (χ2v) is 6.52. The molecule has 1 aromatic heterocycles. The summed E-state index contributed by atoms with van der Waals surface area (Å²) in [7, 11) is 0. The lowest BCUT2D eigenvalue weighted by atomic mass is 10.1. The van der Waals surface area contributed by atoms with E-state index in [4.69, 9.17) is 4.84 Å². The molecule has 0 saturated carbocycles. The first-order valence-corrected chi connectivity index (χ1v) is 9.01. The Hall–Kier alpha value is -2.06. The first-order chi connectivity index (χ1) is 12.0. The maximum Gasteiger partial charge on any atom is 0.245 e. The fourth-order valence-electron chi connectivity index (χ4n) is 2.22. The molecule has 0 spiro atoms. The van der Waals surface area contributed by atoms with E-state index in [0.717, 1.165) is 10.7 Å². The van der Waals surface area contributed by atoms with Crippen LogP contribution in [0.5, 0.6) is 0 Å². The van der Waals surface area contributed by atoms with Gasteiger partial charge in [-0.2, -0.15) is 4.37 Å². The molecule has 0 aliphatic carbocycles. The number of anilines is 1. The highest BCUT2D eigenvalue weighted by Gasteiger charge is 2.17. The van der Waals surface area contributed by atoms with Crippen molar-refractivity contribution in [1.29, 1.82) is 0 Å². The summed E-state index contributed by atoms with van der Waals surface area (Å²) in [6.07, 6.45) is 0.860. The second kappa shape index (κ2) is 9.43. The number of benzene rings is 1. The lowest BCUT2D eigenvalue weighted by molar-refractivity contribution is -0.132. The summed E-state index contributed by atoms with van der Waals surface area (Å²) in [5.74, 6) is 0.270. The van der Waals surface area contributed by atoms with Crippen molar-refractivity contribution < 1.29 is 14.0 Å². The molecular formula is C17H23FN4O2S. The zero-order valence-corrected chi connectivity index (χ0v) is 15.5. The minimum atomic E-state index is -0.257. The average Bonchev–Trinajstić information content (AvgIpc) is 3.03. The molecule has 8 heteroatoms. The van der Waals surface area contributed by atoms with Gasteiger partial charge in [-0.3, -0.25) is 9.63 Å². The summed E-state index contributed by atoms with van der Waals surface area (Å²) in [4.78, 5) is 23.2. The van der Waals surface area contributed by atoms with Crippen LogP contribution in [-0.4, -0.2) is 34.5 Å². The highest BCUT2D eigenvalue weighted by Crippen LogP contribution is 2.21. The van der Waals surface area contributed by atoms with E-state index < -0.39 is 0 Å². The van der Waals surface area contributed by atoms with Crippen LogP contribution in [0.3, 0.4) is 0 Å². The summed E-state index contributed by atoms with van der Waals surface area (Å²) in [6, 6.07) is 6.51. The van der Waals surface area contributed by atoms with Gasteiger partial charge in [-0.05, 0) is 38.5 Å². The minimum Gasteiger partial charge on any atom is -0.344 e. The van der Waals surface area contributed by atoms with Gasteiger partial charge >= 0.3 is 0 Å². The van der Waals surface area contributed by atoms with E-state index in [-0.39, 0.29) is 17.8 Å². The summed E-state index contributed by atoms with van der Waals surface area (Å²) >= 11 is 1.31. The van der Waals surface area contributed by atoms with Gasteiger partial charge in [-0.25, -0.2) is 14.9 Å². The highest BCUT2D eigenvalue weighted by molar-refractivity contribution is 7.09. The number of amides is 1. The number of hydrogen-bond donors (Lipinski definition) is 1. The van der Waals surface area contributed by atoms with Crippen LogP contribution in [-0.2, 0) is 16.1 Å². The smallest absolute Gasteiger partial charge is 0.245 e. The monoisotopic (exact) mass is 366 g/mol. The highest BCUT2D eigenvalue weighted by atomic mass is 32.1. The Kier molecular flexibility index (Phi) is 7.27. The van der Waals surface area contributed by atoms with Gasteiger partial charge in [0, 0.05) is 37.0 Å². The number of aromatic nitrogens is 2. The van der Waals surface area contributed by atoms with E-state index in [1.165, 1.54) is 23.7 Å². The van der Waals surface area contributed by atoms with Crippen molar-refractivity contribution in [2.45, 2.75) is 39.7 Å². The molecule has 0 unspecified atom stereocenters. The van der Waals surface area contributed by atoms with Crippen LogP contribution in [0, 0.1) is 5.82 Å². The molecular weight excluding hydrogens is 343 g/mol. The lowest BCUT2D eigenvalue weighted by Gasteiger charge is -2.25. The van der Waals surface area contributed by atoms with Crippen LogP contribution in [0.1, 0.15) is 38.6 Å². The van der Waals surface area contributed by atoms with E-state index in [1.807, 2.05) is 25.7 Å². The van der Waals surface area contributed by atoms with Crippen molar-refractivity contribution in [3.05, 3.63) is 41.5 Å². The maximum atomic E-state index is 13.0. The lowest BCUT2D eigenvalue weighted by Crippen LogP contribution is -2.35. The largest absolute Gasteiger partial charge is 0.344 e. The second-order valence-electron chi connectivity index (χ2n) is 5.79. The number of carbonyl (C=O) groups is 1. The van der Waals surface area contributed by atoms with Crippen molar-refractivity contribution in [3.63, 3.8) is 0 Å². The fraction of sp³-hybridized carbons (Fsp3) is 0.471. The van der Waals surface area contributed by atoms with Crippen molar-refractivity contribution >= 4 is 22.6 Å². The third-order valence-electron chi connectivity index (χ3n) is 3.51. The van der Waals surface area contributed by atoms with Gasteiger partial charge in [0.2, 0.25) is 11.0 Å². The van der Waals surface area contributed by atoms with Crippen LogP contribution in [0.2, 0.25) is 0 Å². The zero-order valence-electron chi connectivity index (χ0n) is 14.7. The molecule has 0 radical (unpaired) electrons. The summed E-state index contributed by atoms with van der Waals surface area (Å²) in [6.45, 7) is 6.86. The van der Waals surface area contributed by atoms with Gasteiger partial charge < -0.3 is 4.90 Å². The van der Waals surface area contributed by atoms with E-state index in [1.54, 1.807) is 12.1 Å². The summed E-state index contributed by atoms with van der Waals surface area (Å²) < 4.78 is 17.4. The number of hydrogen-bond acceptors (Lipinski definition) is 6. The normalized spacial score (nSPS) is 10.9. The van der Waals surface area contributed by atoms with Crippen molar-refractivity contribution in [2.75, 3.05) is 18.1 Å². The van der Waals surface area contributed by atoms with Crippen molar-refractivity contribution in [2.24, 2.45) is 0 Å². The topological polar surface area (TPSA) is 67.3 Å². The minimum absolute atomic E-state index is 0.163. The number of rotatable bonds is 9. The molecule has 0 bridgehead atoms. The predicted octanol–water partition coefficient (Wildman–Crippen LogP) is 2.94. The van der Waals surface area contributed by atoms with Gasteiger partial charge in [0.15, 0.2) is 0 Å². The number of hydroxylamine groups is 1.